The fraction of sp³-hybridized carbons (Fsp3) is 0.429. The van der Waals surface area contributed by atoms with E-state index in [0.717, 1.165) is 18.8 Å². The Labute approximate surface area is 174 Å². The molecule has 7 nitrogen and oxygen atoms in total. The zero-order valence-electron chi connectivity index (χ0n) is 17.3. The smallest absolute Gasteiger partial charge is 0.262 e. The summed E-state index contributed by atoms with van der Waals surface area (Å²) in [4.78, 5) is 34.4. The van der Waals surface area contributed by atoms with Crippen LogP contribution in [0.5, 0.6) is 0 Å². The molecule has 0 aliphatic rings. The molecule has 29 heavy (non-hydrogen) atoms. The summed E-state index contributed by atoms with van der Waals surface area (Å²) in [7, 11) is 0. The SMILES string of the molecule is CC(C)CN(CC(C)C)C(=O)CSc1nc2c(cnn2-c2ccccc2)c(=O)[nH]1. The van der Waals surface area contributed by atoms with Crippen molar-refractivity contribution in [1.29, 1.82) is 0 Å². The number of benzene rings is 1. The lowest BCUT2D eigenvalue weighted by atomic mass is 10.1. The zero-order chi connectivity index (χ0) is 21.0. The van der Waals surface area contributed by atoms with E-state index in [1.165, 1.54) is 18.0 Å². The molecule has 0 aliphatic heterocycles. The monoisotopic (exact) mass is 413 g/mol. The molecule has 0 saturated heterocycles. The molecule has 0 saturated carbocycles. The topological polar surface area (TPSA) is 83.9 Å². The van der Waals surface area contributed by atoms with E-state index in [4.69, 9.17) is 0 Å². The Morgan fingerprint density at radius 1 is 1.14 bits per heavy atom. The van der Waals surface area contributed by atoms with Crippen LogP contribution < -0.4 is 5.56 Å². The number of thioether (sulfide) groups is 1. The summed E-state index contributed by atoms with van der Waals surface area (Å²) in [6.07, 6.45) is 1.51. The molecule has 1 aromatic carbocycles. The number of aromatic amines is 1. The van der Waals surface area contributed by atoms with Gasteiger partial charge in [-0.3, -0.25) is 9.59 Å². The van der Waals surface area contributed by atoms with Crippen LogP contribution in [0.1, 0.15) is 27.7 Å². The summed E-state index contributed by atoms with van der Waals surface area (Å²) in [6, 6.07) is 9.54. The van der Waals surface area contributed by atoms with Crippen LogP contribution in [-0.4, -0.2) is 49.4 Å². The van der Waals surface area contributed by atoms with E-state index in [0.29, 0.717) is 28.0 Å². The Balaban J connectivity index is 1.81. The normalized spacial score (nSPS) is 11.5. The second kappa shape index (κ2) is 9.26. The number of aromatic nitrogens is 4. The van der Waals surface area contributed by atoms with Gasteiger partial charge in [-0.05, 0) is 24.0 Å². The van der Waals surface area contributed by atoms with Gasteiger partial charge in [0.25, 0.3) is 5.56 Å². The molecule has 3 aromatic rings. The Morgan fingerprint density at radius 2 is 1.79 bits per heavy atom. The number of hydrogen-bond donors (Lipinski definition) is 1. The first-order chi connectivity index (χ1) is 13.8. The Bertz CT molecular complexity index is 1020. The lowest BCUT2D eigenvalue weighted by Crippen LogP contribution is -2.38. The minimum absolute atomic E-state index is 0.0525. The van der Waals surface area contributed by atoms with Gasteiger partial charge in [0.2, 0.25) is 5.91 Å². The van der Waals surface area contributed by atoms with Gasteiger partial charge in [0.05, 0.1) is 17.6 Å². The van der Waals surface area contributed by atoms with Gasteiger partial charge in [-0.25, -0.2) is 9.67 Å². The molecule has 0 aliphatic carbocycles. The first-order valence-electron chi connectivity index (χ1n) is 9.79. The zero-order valence-corrected chi connectivity index (χ0v) is 18.1. The van der Waals surface area contributed by atoms with E-state index >= 15 is 0 Å². The first-order valence-corrected chi connectivity index (χ1v) is 10.8. The van der Waals surface area contributed by atoms with Gasteiger partial charge in [0, 0.05) is 13.1 Å². The molecule has 0 unspecified atom stereocenters. The fourth-order valence-corrected chi connectivity index (χ4v) is 3.86. The quantitative estimate of drug-likeness (QED) is 0.452. The van der Waals surface area contributed by atoms with E-state index in [-0.39, 0.29) is 17.2 Å². The molecule has 8 heteroatoms. The van der Waals surface area contributed by atoms with Crippen LogP contribution in [0.4, 0.5) is 0 Å². The number of carbonyl (C=O) groups is 1. The maximum absolute atomic E-state index is 12.7. The summed E-state index contributed by atoms with van der Waals surface area (Å²) in [6.45, 7) is 9.86. The molecule has 3 rings (SSSR count). The van der Waals surface area contributed by atoms with Crippen molar-refractivity contribution in [3.8, 4) is 5.69 Å². The van der Waals surface area contributed by atoms with Gasteiger partial charge >= 0.3 is 0 Å². The Morgan fingerprint density at radius 3 is 2.41 bits per heavy atom. The van der Waals surface area contributed by atoms with Crippen molar-refractivity contribution in [2.45, 2.75) is 32.9 Å². The largest absolute Gasteiger partial charge is 0.341 e. The molecule has 154 valence electrons. The highest BCUT2D eigenvalue weighted by Gasteiger charge is 2.18. The minimum atomic E-state index is -0.256. The van der Waals surface area contributed by atoms with Crippen molar-refractivity contribution in [1.82, 2.24) is 24.6 Å². The van der Waals surface area contributed by atoms with E-state index in [1.807, 2.05) is 35.2 Å². The molecule has 2 aromatic heterocycles. The standard InChI is InChI=1S/C21H27N5O2S/c1-14(2)11-25(12-15(3)4)18(27)13-29-21-23-19-17(20(28)24-21)10-22-26(19)16-8-6-5-7-9-16/h5-10,14-15H,11-13H2,1-4H3,(H,23,24,28). The summed E-state index contributed by atoms with van der Waals surface area (Å²) in [5.41, 5.74) is 1.05. The van der Waals surface area contributed by atoms with Crippen LogP contribution in [0.2, 0.25) is 0 Å². The molecule has 0 fully saturated rings. The molecular formula is C21H27N5O2S. The lowest BCUT2D eigenvalue weighted by molar-refractivity contribution is -0.129. The molecule has 0 radical (unpaired) electrons. The predicted octanol–water partition coefficient (Wildman–Crippen LogP) is 3.34. The van der Waals surface area contributed by atoms with Gasteiger partial charge in [0.1, 0.15) is 5.39 Å². The Kier molecular flexibility index (Phi) is 6.74. The first kappa shape index (κ1) is 21.1. The van der Waals surface area contributed by atoms with Crippen LogP contribution in [0.15, 0.2) is 46.5 Å². The number of para-hydroxylation sites is 1. The maximum atomic E-state index is 12.7. The van der Waals surface area contributed by atoms with Crippen LogP contribution >= 0.6 is 11.8 Å². The number of nitrogens with one attached hydrogen (secondary N) is 1. The highest BCUT2D eigenvalue weighted by molar-refractivity contribution is 7.99. The number of nitrogens with zero attached hydrogens (tertiary/aromatic N) is 4. The highest BCUT2D eigenvalue weighted by Crippen LogP contribution is 2.18. The van der Waals surface area contributed by atoms with Crippen molar-refractivity contribution in [3.63, 3.8) is 0 Å². The average Bonchev–Trinajstić information content (AvgIpc) is 3.10. The van der Waals surface area contributed by atoms with Gasteiger partial charge < -0.3 is 9.88 Å². The third kappa shape index (κ3) is 5.26. The number of hydrogen-bond acceptors (Lipinski definition) is 5. The van der Waals surface area contributed by atoms with Crippen LogP contribution in [0.3, 0.4) is 0 Å². The van der Waals surface area contributed by atoms with Crippen LogP contribution in [0, 0.1) is 11.8 Å². The molecule has 0 atom stereocenters. The fourth-order valence-electron chi connectivity index (χ4n) is 3.11. The van der Waals surface area contributed by atoms with Crippen molar-refractivity contribution < 1.29 is 4.79 Å². The van der Waals surface area contributed by atoms with Crippen molar-refractivity contribution in [2.24, 2.45) is 11.8 Å². The number of carbonyl (C=O) groups excluding carboxylic acids is 1. The number of rotatable bonds is 8. The van der Waals surface area contributed by atoms with Crippen LogP contribution in [-0.2, 0) is 4.79 Å². The summed E-state index contributed by atoms with van der Waals surface area (Å²) >= 11 is 1.25. The number of fused-ring (bicyclic) bond motifs is 1. The van der Waals surface area contributed by atoms with E-state index in [1.54, 1.807) is 4.68 Å². The molecule has 1 amide bonds. The average molecular weight is 414 g/mol. The molecular weight excluding hydrogens is 386 g/mol. The molecule has 1 N–H and O–H groups in total. The molecule has 0 spiro atoms. The van der Waals surface area contributed by atoms with E-state index < -0.39 is 0 Å². The molecule has 2 heterocycles. The predicted molar refractivity (Wildman–Crippen MR) is 116 cm³/mol. The molecule has 0 bridgehead atoms. The maximum Gasteiger partial charge on any atom is 0.262 e. The van der Waals surface area contributed by atoms with Crippen molar-refractivity contribution >= 4 is 28.7 Å². The van der Waals surface area contributed by atoms with Gasteiger partial charge in [0.15, 0.2) is 10.8 Å². The Hall–Kier alpha value is -2.61. The van der Waals surface area contributed by atoms with Crippen molar-refractivity contribution in [3.05, 3.63) is 46.9 Å². The van der Waals surface area contributed by atoms with Crippen molar-refractivity contribution in [2.75, 3.05) is 18.8 Å². The third-order valence-electron chi connectivity index (χ3n) is 4.27. The van der Waals surface area contributed by atoms with E-state index in [2.05, 4.69) is 42.8 Å². The number of H-pyrrole nitrogens is 1. The summed E-state index contributed by atoms with van der Waals surface area (Å²) < 4.78 is 1.64. The second-order valence-corrected chi connectivity index (χ2v) is 8.84. The summed E-state index contributed by atoms with van der Waals surface area (Å²) in [5.74, 6) is 1.08. The van der Waals surface area contributed by atoms with Gasteiger partial charge in [-0.15, -0.1) is 0 Å². The van der Waals surface area contributed by atoms with E-state index in [9.17, 15) is 9.59 Å². The van der Waals surface area contributed by atoms with Crippen LogP contribution in [0.25, 0.3) is 16.7 Å². The minimum Gasteiger partial charge on any atom is -0.341 e. The van der Waals surface area contributed by atoms with Gasteiger partial charge in [-0.2, -0.15) is 5.10 Å². The number of amides is 1. The van der Waals surface area contributed by atoms with Gasteiger partial charge in [-0.1, -0.05) is 57.7 Å². The third-order valence-corrected chi connectivity index (χ3v) is 5.13. The highest BCUT2D eigenvalue weighted by atomic mass is 32.2. The second-order valence-electron chi connectivity index (χ2n) is 7.88. The summed E-state index contributed by atoms with van der Waals surface area (Å²) in [5, 5.41) is 5.15. The lowest BCUT2D eigenvalue weighted by Gasteiger charge is -2.26.